The number of hydrogen-bond donors (Lipinski definition) is 1. The predicted molar refractivity (Wildman–Crippen MR) is 90.3 cm³/mol. The summed E-state index contributed by atoms with van der Waals surface area (Å²) < 4.78 is 7.82. The summed E-state index contributed by atoms with van der Waals surface area (Å²) in [6.07, 6.45) is 1.71. The van der Waals surface area contributed by atoms with E-state index < -0.39 is 0 Å². The third-order valence-electron chi connectivity index (χ3n) is 4.67. The van der Waals surface area contributed by atoms with Gasteiger partial charge in [-0.25, -0.2) is 0 Å². The Labute approximate surface area is 143 Å². The van der Waals surface area contributed by atoms with Gasteiger partial charge in [-0.1, -0.05) is 0 Å². The van der Waals surface area contributed by atoms with Crippen LogP contribution >= 0.6 is 0 Å². The summed E-state index contributed by atoms with van der Waals surface area (Å²) in [6.45, 7) is 5.87. The Hall–Kier alpha value is -1.91. The van der Waals surface area contributed by atoms with Crippen molar-refractivity contribution in [1.82, 2.24) is 20.0 Å². The zero-order chi connectivity index (χ0) is 17.7. The lowest BCUT2D eigenvalue weighted by atomic mass is 10.00. The van der Waals surface area contributed by atoms with Gasteiger partial charge in [0.05, 0.1) is 18.2 Å². The Balaban J connectivity index is 1.88. The van der Waals surface area contributed by atoms with Crippen molar-refractivity contribution in [3.05, 3.63) is 17.0 Å². The molecule has 1 amide bonds. The molecule has 0 spiro atoms. The molecule has 1 aliphatic heterocycles. The molecule has 0 aromatic carbocycles. The third kappa shape index (κ3) is 4.13. The molecule has 7 nitrogen and oxygen atoms in total. The number of nitrogens with one attached hydrogen (secondary N) is 1. The molecule has 1 fully saturated rings. The number of amides is 1. The number of hydrogen-bond acceptors (Lipinski definition) is 5. The Bertz CT molecular complexity index is 619. The number of carbonyl (C=O) groups is 1. The maximum atomic E-state index is 12.0. The summed E-state index contributed by atoms with van der Waals surface area (Å²) in [6, 6.07) is 2.25. The Morgan fingerprint density at radius 1 is 1.54 bits per heavy atom. The highest BCUT2D eigenvalue weighted by molar-refractivity contribution is 5.76. The summed E-state index contributed by atoms with van der Waals surface area (Å²) in [5.74, 6) is 0.0574. The Kier molecular flexibility index (Phi) is 6.35. The maximum Gasteiger partial charge on any atom is 0.223 e. The topological polar surface area (TPSA) is 83.2 Å². The average molecular weight is 333 g/mol. The van der Waals surface area contributed by atoms with Crippen LogP contribution in [0.2, 0.25) is 0 Å². The van der Waals surface area contributed by atoms with Gasteiger partial charge in [0.25, 0.3) is 0 Å². The monoisotopic (exact) mass is 333 g/mol. The van der Waals surface area contributed by atoms with Gasteiger partial charge in [-0.15, -0.1) is 0 Å². The molecule has 132 valence electrons. The first-order chi connectivity index (χ1) is 11.5. The second-order valence-corrected chi connectivity index (χ2v) is 6.32. The number of aryl methyl sites for hydroxylation is 2. The predicted octanol–water partition coefficient (Wildman–Crippen LogP) is 1.22. The van der Waals surface area contributed by atoms with E-state index in [-0.39, 0.29) is 18.1 Å². The van der Waals surface area contributed by atoms with Crippen molar-refractivity contribution >= 4 is 5.91 Å². The molecule has 1 N–H and O–H groups in total. The minimum absolute atomic E-state index is 0.00915. The molecule has 0 aliphatic carbocycles. The van der Waals surface area contributed by atoms with E-state index in [1.54, 1.807) is 11.9 Å². The van der Waals surface area contributed by atoms with Gasteiger partial charge in [-0.2, -0.15) is 10.4 Å². The van der Waals surface area contributed by atoms with Gasteiger partial charge in [0.1, 0.15) is 6.10 Å². The largest absolute Gasteiger partial charge is 0.372 e. The van der Waals surface area contributed by atoms with Crippen LogP contribution in [0.1, 0.15) is 42.3 Å². The molecule has 7 heteroatoms. The van der Waals surface area contributed by atoms with Gasteiger partial charge in [0, 0.05) is 57.5 Å². The van der Waals surface area contributed by atoms with E-state index in [0.717, 1.165) is 23.4 Å². The van der Waals surface area contributed by atoms with Gasteiger partial charge < -0.3 is 15.0 Å². The van der Waals surface area contributed by atoms with E-state index in [9.17, 15) is 4.79 Å². The lowest BCUT2D eigenvalue weighted by molar-refractivity contribution is -0.129. The molecule has 2 atom stereocenters. The number of nitrogens with zero attached hydrogens (tertiary/aromatic N) is 4. The van der Waals surface area contributed by atoms with Crippen molar-refractivity contribution in [3.63, 3.8) is 0 Å². The third-order valence-corrected chi connectivity index (χ3v) is 4.67. The fourth-order valence-electron chi connectivity index (χ4n) is 3.18. The molecule has 24 heavy (non-hydrogen) atoms. The molecule has 1 aromatic heterocycles. The van der Waals surface area contributed by atoms with E-state index in [1.165, 1.54) is 0 Å². The van der Waals surface area contributed by atoms with Gasteiger partial charge in [-0.3, -0.25) is 9.48 Å². The molecular weight excluding hydrogens is 306 g/mol. The highest BCUT2D eigenvalue weighted by Gasteiger charge is 2.33. The smallest absolute Gasteiger partial charge is 0.223 e. The Morgan fingerprint density at radius 2 is 2.29 bits per heavy atom. The first-order valence-corrected chi connectivity index (χ1v) is 8.41. The van der Waals surface area contributed by atoms with Crippen LogP contribution in [0.15, 0.2) is 0 Å². The second kappa shape index (κ2) is 8.27. The molecule has 1 aromatic rings. The van der Waals surface area contributed by atoms with E-state index in [0.29, 0.717) is 32.5 Å². The number of aromatic nitrogens is 2. The fraction of sp³-hybridized carbons (Fsp3) is 0.706. The quantitative estimate of drug-likeness (QED) is 0.811. The van der Waals surface area contributed by atoms with Crippen molar-refractivity contribution in [1.29, 1.82) is 5.26 Å². The van der Waals surface area contributed by atoms with Crippen molar-refractivity contribution < 1.29 is 9.53 Å². The van der Waals surface area contributed by atoms with Crippen LogP contribution in [-0.2, 0) is 16.6 Å². The molecular formula is C17H27N5O2. The van der Waals surface area contributed by atoms with Crippen LogP contribution in [0.5, 0.6) is 0 Å². The molecule has 1 aliphatic rings. The van der Waals surface area contributed by atoms with Crippen molar-refractivity contribution in [2.45, 2.75) is 45.3 Å². The average Bonchev–Trinajstić information content (AvgIpc) is 3.09. The van der Waals surface area contributed by atoms with Gasteiger partial charge in [0.2, 0.25) is 5.91 Å². The fourth-order valence-corrected chi connectivity index (χ4v) is 3.18. The molecule has 0 bridgehead atoms. The van der Waals surface area contributed by atoms with Gasteiger partial charge >= 0.3 is 0 Å². The molecule has 0 saturated carbocycles. The highest BCUT2D eigenvalue weighted by Crippen LogP contribution is 2.33. The van der Waals surface area contributed by atoms with Crippen LogP contribution in [0.4, 0.5) is 0 Å². The van der Waals surface area contributed by atoms with Crippen molar-refractivity contribution in [2.75, 3.05) is 26.7 Å². The van der Waals surface area contributed by atoms with Crippen LogP contribution in [0.3, 0.4) is 0 Å². The lowest BCUT2D eigenvalue weighted by Gasteiger charge is -2.21. The summed E-state index contributed by atoms with van der Waals surface area (Å²) >= 11 is 0. The highest BCUT2D eigenvalue weighted by atomic mass is 16.5. The van der Waals surface area contributed by atoms with Gasteiger partial charge in [-0.05, 0) is 20.3 Å². The molecule has 0 unspecified atom stereocenters. The minimum atomic E-state index is -0.00915. The van der Waals surface area contributed by atoms with Gasteiger partial charge in [0.15, 0.2) is 0 Å². The molecule has 0 radical (unpaired) electrons. The SMILES string of the molecule is Cc1nn(C)c(C)c1[C@H]1OCC[C@@H]1NCCC(=O)N(C)CCC#N. The summed E-state index contributed by atoms with van der Waals surface area (Å²) in [5, 5.41) is 16.5. The van der Waals surface area contributed by atoms with E-state index in [4.69, 9.17) is 10.00 Å². The lowest BCUT2D eigenvalue weighted by Crippen LogP contribution is -2.36. The van der Waals surface area contributed by atoms with E-state index in [2.05, 4.69) is 23.4 Å². The summed E-state index contributed by atoms with van der Waals surface area (Å²) in [4.78, 5) is 13.6. The van der Waals surface area contributed by atoms with Crippen molar-refractivity contribution in [2.24, 2.45) is 7.05 Å². The maximum absolute atomic E-state index is 12.0. The zero-order valence-corrected chi connectivity index (χ0v) is 15.0. The molecule has 1 saturated heterocycles. The van der Waals surface area contributed by atoms with Crippen molar-refractivity contribution in [3.8, 4) is 6.07 Å². The number of nitriles is 1. The number of rotatable bonds is 7. The molecule has 2 rings (SSSR count). The summed E-state index contributed by atoms with van der Waals surface area (Å²) in [7, 11) is 3.68. The second-order valence-electron chi connectivity index (χ2n) is 6.32. The van der Waals surface area contributed by atoms with E-state index >= 15 is 0 Å². The van der Waals surface area contributed by atoms with Crippen LogP contribution in [0, 0.1) is 25.2 Å². The number of ether oxygens (including phenoxy) is 1. The van der Waals surface area contributed by atoms with Crippen LogP contribution in [-0.4, -0.2) is 53.4 Å². The number of carbonyl (C=O) groups excluding carboxylic acids is 1. The van der Waals surface area contributed by atoms with E-state index in [1.807, 2.05) is 18.7 Å². The standard InChI is InChI=1S/C17H27N5O2/c1-12-16(13(2)22(4)20-12)17-14(7-11-24-17)19-9-6-15(23)21(3)10-5-8-18/h14,17,19H,5-7,9-11H2,1-4H3/t14-,17-/m0/s1. The van der Waals surface area contributed by atoms with Crippen LogP contribution < -0.4 is 5.32 Å². The minimum Gasteiger partial charge on any atom is -0.372 e. The zero-order valence-electron chi connectivity index (χ0n) is 15.0. The first-order valence-electron chi connectivity index (χ1n) is 8.41. The van der Waals surface area contributed by atoms with Crippen LogP contribution in [0.25, 0.3) is 0 Å². The first kappa shape index (κ1) is 18.4. The molecule has 2 heterocycles. The Morgan fingerprint density at radius 3 is 2.92 bits per heavy atom. The summed E-state index contributed by atoms with van der Waals surface area (Å²) in [5.41, 5.74) is 3.28. The normalized spacial score (nSPS) is 20.1.